The maximum absolute atomic E-state index is 5.40. The summed E-state index contributed by atoms with van der Waals surface area (Å²) in [4.78, 5) is 15.5. The van der Waals surface area contributed by atoms with Crippen molar-refractivity contribution in [2.45, 2.75) is 10.9 Å². The average Bonchev–Trinajstić information content (AvgIpc) is 3.23. The Balaban J connectivity index is 1.66. The molecule has 4 heterocycles. The third-order valence-corrected chi connectivity index (χ3v) is 5.50. The fourth-order valence-electron chi connectivity index (χ4n) is 2.52. The molecule has 1 aliphatic rings. The van der Waals surface area contributed by atoms with Crippen molar-refractivity contribution in [3.8, 4) is 0 Å². The zero-order chi connectivity index (χ0) is 15.6. The molecular weight excluding hydrogens is 334 g/mol. The highest BCUT2D eigenvalue weighted by molar-refractivity contribution is 8.00. The second-order valence-corrected chi connectivity index (χ2v) is 7.12. The van der Waals surface area contributed by atoms with Crippen LogP contribution in [-0.4, -0.2) is 62.3 Å². The van der Waals surface area contributed by atoms with E-state index >= 15 is 0 Å². The van der Waals surface area contributed by atoms with Gasteiger partial charge in [0.25, 0.3) is 0 Å². The first-order valence-corrected chi connectivity index (χ1v) is 9.24. The Bertz CT molecular complexity index is 812. The highest BCUT2D eigenvalue weighted by Gasteiger charge is 2.18. The van der Waals surface area contributed by atoms with Crippen molar-refractivity contribution in [1.29, 1.82) is 0 Å². The number of morpholine rings is 1. The van der Waals surface area contributed by atoms with Crippen molar-refractivity contribution in [3.05, 3.63) is 17.7 Å². The fourth-order valence-corrected chi connectivity index (χ4v) is 3.83. The van der Waals surface area contributed by atoms with Gasteiger partial charge in [-0.3, -0.25) is 0 Å². The van der Waals surface area contributed by atoms with Crippen LogP contribution in [-0.2, 0) is 11.3 Å². The summed E-state index contributed by atoms with van der Waals surface area (Å²) < 4.78 is 8.36. The molecule has 3 aromatic rings. The zero-order valence-corrected chi connectivity index (χ0v) is 14.2. The van der Waals surface area contributed by atoms with Gasteiger partial charge >= 0.3 is 0 Å². The first-order chi connectivity index (χ1) is 11.3. The van der Waals surface area contributed by atoms with Crippen molar-refractivity contribution >= 4 is 40.1 Å². The molecule has 0 atom stereocenters. The van der Waals surface area contributed by atoms with Gasteiger partial charge in [-0.15, -0.1) is 10.2 Å². The summed E-state index contributed by atoms with van der Waals surface area (Å²) in [5.74, 6) is 0.874. The summed E-state index contributed by atoms with van der Waals surface area (Å²) in [6, 6.07) is 0. The van der Waals surface area contributed by atoms with Gasteiger partial charge in [0.2, 0.25) is 0 Å². The van der Waals surface area contributed by atoms with Crippen LogP contribution < -0.4 is 4.90 Å². The lowest BCUT2D eigenvalue weighted by Crippen LogP contribution is -2.36. The van der Waals surface area contributed by atoms with Crippen LogP contribution in [0.4, 0.5) is 5.82 Å². The number of anilines is 1. The molecule has 1 aliphatic heterocycles. The van der Waals surface area contributed by atoms with E-state index in [-0.39, 0.29) is 0 Å². The van der Waals surface area contributed by atoms with E-state index in [0.29, 0.717) is 19.8 Å². The molecule has 3 aromatic heterocycles. The summed E-state index contributed by atoms with van der Waals surface area (Å²) in [5.41, 5.74) is 1.64. The fraction of sp³-hybridized carbons (Fsp3) is 0.462. The molecule has 10 heteroatoms. The van der Waals surface area contributed by atoms with Crippen molar-refractivity contribution in [1.82, 2.24) is 29.7 Å². The molecule has 1 fully saturated rings. The average molecular weight is 349 g/mol. The number of fused-ring (bicyclic) bond motifs is 1. The molecule has 0 spiro atoms. The van der Waals surface area contributed by atoms with Gasteiger partial charge in [0.15, 0.2) is 21.3 Å². The van der Waals surface area contributed by atoms with E-state index in [1.807, 2.05) is 10.8 Å². The van der Waals surface area contributed by atoms with Crippen LogP contribution in [0.15, 0.2) is 17.0 Å². The third kappa shape index (κ3) is 2.89. The van der Waals surface area contributed by atoms with E-state index in [1.54, 1.807) is 35.8 Å². The second kappa shape index (κ2) is 6.38. The normalized spacial score (nSPS) is 15.4. The minimum atomic E-state index is 0.619. The molecule has 8 nitrogen and oxygen atoms in total. The molecule has 0 unspecified atom stereocenters. The largest absolute Gasteiger partial charge is 0.378 e. The van der Waals surface area contributed by atoms with E-state index in [1.165, 1.54) is 0 Å². The summed E-state index contributed by atoms with van der Waals surface area (Å²) in [6.45, 7) is 3.70. The molecule has 4 rings (SSSR count). The number of hydrogen-bond donors (Lipinski definition) is 0. The topological polar surface area (TPSA) is 81.9 Å². The van der Waals surface area contributed by atoms with Crippen molar-refractivity contribution < 1.29 is 4.74 Å². The SMILES string of the molecule is CSc1nnc(Cn2cnc3c(N4CCOCC4)ncnc32)s1. The van der Waals surface area contributed by atoms with Crippen molar-refractivity contribution in [3.63, 3.8) is 0 Å². The molecule has 0 bridgehead atoms. The quantitative estimate of drug-likeness (QED) is 0.652. The van der Waals surface area contributed by atoms with Gasteiger partial charge in [-0.05, 0) is 6.26 Å². The Morgan fingerprint density at radius 2 is 2.09 bits per heavy atom. The van der Waals surface area contributed by atoms with Gasteiger partial charge in [0.05, 0.1) is 26.1 Å². The maximum atomic E-state index is 5.40. The number of imidazole rings is 1. The van der Waals surface area contributed by atoms with E-state index in [9.17, 15) is 0 Å². The molecular formula is C13H15N7OS2. The number of hydrogen-bond acceptors (Lipinski definition) is 9. The standard InChI is InChI=1S/C13H15N7OS2/c1-22-13-18-17-9(23-13)6-20-8-16-10-11(14-7-15-12(10)20)19-2-4-21-5-3-19/h7-8H,2-6H2,1H3. The van der Waals surface area contributed by atoms with Crippen LogP contribution in [0.5, 0.6) is 0 Å². The number of nitrogens with zero attached hydrogens (tertiary/aromatic N) is 7. The van der Waals surface area contributed by atoms with Crippen LogP contribution in [0.3, 0.4) is 0 Å². The molecule has 0 amide bonds. The smallest absolute Gasteiger partial charge is 0.174 e. The van der Waals surface area contributed by atoms with Crippen LogP contribution in [0.1, 0.15) is 5.01 Å². The first kappa shape index (κ1) is 14.8. The van der Waals surface area contributed by atoms with Crippen LogP contribution in [0, 0.1) is 0 Å². The van der Waals surface area contributed by atoms with Crippen LogP contribution in [0.25, 0.3) is 11.2 Å². The van der Waals surface area contributed by atoms with Gasteiger partial charge in [-0.2, -0.15) is 0 Å². The first-order valence-electron chi connectivity index (χ1n) is 7.20. The van der Waals surface area contributed by atoms with Crippen LogP contribution in [0.2, 0.25) is 0 Å². The summed E-state index contributed by atoms with van der Waals surface area (Å²) in [5, 5.41) is 9.28. The Morgan fingerprint density at radius 1 is 1.22 bits per heavy atom. The minimum Gasteiger partial charge on any atom is -0.378 e. The lowest BCUT2D eigenvalue weighted by atomic mass is 10.4. The third-order valence-electron chi connectivity index (χ3n) is 3.62. The molecule has 0 radical (unpaired) electrons. The van der Waals surface area contributed by atoms with Crippen molar-refractivity contribution in [2.24, 2.45) is 0 Å². The molecule has 0 aliphatic carbocycles. The Hall–Kier alpha value is -1.78. The highest BCUT2D eigenvalue weighted by Crippen LogP contribution is 2.24. The molecule has 0 N–H and O–H groups in total. The summed E-state index contributed by atoms with van der Waals surface area (Å²) in [7, 11) is 0. The highest BCUT2D eigenvalue weighted by atomic mass is 32.2. The maximum Gasteiger partial charge on any atom is 0.174 e. The van der Waals surface area contributed by atoms with Crippen LogP contribution >= 0.6 is 23.1 Å². The number of rotatable bonds is 4. The zero-order valence-electron chi connectivity index (χ0n) is 12.5. The predicted octanol–water partition coefficient (Wildman–Crippen LogP) is 1.28. The lowest BCUT2D eigenvalue weighted by molar-refractivity contribution is 0.122. The second-order valence-electron chi connectivity index (χ2n) is 5.01. The summed E-state index contributed by atoms with van der Waals surface area (Å²) >= 11 is 3.20. The molecule has 0 saturated carbocycles. The van der Waals surface area contributed by atoms with E-state index in [2.05, 4.69) is 30.0 Å². The Morgan fingerprint density at radius 3 is 2.87 bits per heavy atom. The van der Waals surface area contributed by atoms with E-state index < -0.39 is 0 Å². The lowest BCUT2D eigenvalue weighted by Gasteiger charge is -2.27. The number of thioether (sulfide) groups is 1. The molecule has 1 saturated heterocycles. The van der Waals surface area contributed by atoms with Gasteiger partial charge in [-0.1, -0.05) is 23.1 Å². The summed E-state index contributed by atoms with van der Waals surface area (Å²) in [6.07, 6.45) is 5.39. The molecule has 23 heavy (non-hydrogen) atoms. The van der Waals surface area contributed by atoms with Gasteiger partial charge < -0.3 is 14.2 Å². The Kier molecular flexibility index (Phi) is 4.10. The van der Waals surface area contributed by atoms with Gasteiger partial charge in [0.1, 0.15) is 11.3 Å². The predicted molar refractivity (Wildman–Crippen MR) is 89.1 cm³/mol. The number of aromatic nitrogens is 6. The van der Waals surface area contributed by atoms with E-state index in [0.717, 1.165) is 39.4 Å². The minimum absolute atomic E-state index is 0.619. The van der Waals surface area contributed by atoms with Crippen molar-refractivity contribution in [2.75, 3.05) is 37.5 Å². The Labute approximate surface area is 140 Å². The molecule has 0 aromatic carbocycles. The molecule has 120 valence electrons. The monoisotopic (exact) mass is 349 g/mol. The van der Waals surface area contributed by atoms with E-state index in [4.69, 9.17) is 4.74 Å². The van der Waals surface area contributed by atoms with Gasteiger partial charge in [-0.25, -0.2) is 15.0 Å². The van der Waals surface area contributed by atoms with Gasteiger partial charge in [0, 0.05) is 13.1 Å². The number of ether oxygens (including phenoxy) is 1.